The summed E-state index contributed by atoms with van der Waals surface area (Å²) in [4.78, 5) is 10.6. The third-order valence-corrected chi connectivity index (χ3v) is 4.75. The van der Waals surface area contributed by atoms with Gasteiger partial charge >= 0.3 is 5.97 Å². The largest absolute Gasteiger partial charge is 0.477 e. The molecule has 1 heterocycles. The van der Waals surface area contributed by atoms with Gasteiger partial charge in [-0.2, -0.15) is 4.31 Å². The lowest BCUT2D eigenvalue weighted by Gasteiger charge is -2.13. The van der Waals surface area contributed by atoms with Crippen LogP contribution in [0.5, 0.6) is 0 Å². The number of rotatable bonds is 5. The van der Waals surface area contributed by atoms with Crippen LogP contribution in [0.15, 0.2) is 29.0 Å². The third kappa shape index (κ3) is 2.49. The number of hydrogen-bond donors (Lipinski definition) is 1. The Bertz CT molecular complexity index is 503. The first kappa shape index (κ1) is 12.9. The molecule has 0 aromatic carbocycles. The molecule has 7 heteroatoms. The SMILES string of the molecule is C=CCN(C)S(=O)(=O)c1csc(C(=O)O)c1. The first-order chi connectivity index (χ1) is 7.39. The van der Waals surface area contributed by atoms with Gasteiger partial charge in [0.1, 0.15) is 4.88 Å². The molecule has 0 atom stereocenters. The molecule has 1 rings (SSSR count). The molecule has 0 aliphatic heterocycles. The maximum Gasteiger partial charge on any atom is 0.345 e. The molecular weight excluding hydrogens is 250 g/mol. The zero-order valence-corrected chi connectivity index (χ0v) is 10.2. The summed E-state index contributed by atoms with van der Waals surface area (Å²) in [5.41, 5.74) is 0. The summed E-state index contributed by atoms with van der Waals surface area (Å²) in [6.07, 6.45) is 1.46. The standard InChI is InChI=1S/C9H11NO4S2/c1-3-4-10(2)16(13,14)7-5-8(9(11)12)15-6-7/h3,5-6H,1,4H2,2H3,(H,11,12). The Labute approximate surface area is 97.7 Å². The molecule has 0 amide bonds. The van der Waals surface area contributed by atoms with E-state index in [1.54, 1.807) is 0 Å². The van der Waals surface area contributed by atoms with Gasteiger partial charge in [-0.25, -0.2) is 13.2 Å². The van der Waals surface area contributed by atoms with Crippen molar-refractivity contribution in [1.82, 2.24) is 4.31 Å². The van der Waals surface area contributed by atoms with E-state index in [-0.39, 0.29) is 16.3 Å². The Hall–Kier alpha value is -1.18. The van der Waals surface area contributed by atoms with Crippen LogP contribution in [0.4, 0.5) is 0 Å². The highest BCUT2D eigenvalue weighted by atomic mass is 32.2. The molecule has 16 heavy (non-hydrogen) atoms. The number of aromatic carboxylic acids is 1. The van der Waals surface area contributed by atoms with Crippen LogP contribution in [0, 0.1) is 0 Å². The minimum Gasteiger partial charge on any atom is -0.477 e. The Morgan fingerprint density at radius 1 is 1.69 bits per heavy atom. The van der Waals surface area contributed by atoms with Crippen molar-refractivity contribution in [2.45, 2.75) is 4.90 Å². The van der Waals surface area contributed by atoms with Crippen LogP contribution in [0.1, 0.15) is 9.67 Å². The highest BCUT2D eigenvalue weighted by Crippen LogP contribution is 2.21. The quantitative estimate of drug-likeness (QED) is 0.809. The summed E-state index contributed by atoms with van der Waals surface area (Å²) in [6, 6.07) is 1.15. The average molecular weight is 261 g/mol. The van der Waals surface area contributed by atoms with Gasteiger partial charge in [0.05, 0.1) is 4.90 Å². The predicted molar refractivity (Wildman–Crippen MR) is 61.3 cm³/mol. The van der Waals surface area contributed by atoms with Crippen molar-refractivity contribution >= 4 is 27.3 Å². The fraction of sp³-hybridized carbons (Fsp3) is 0.222. The van der Waals surface area contributed by atoms with Gasteiger partial charge in [-0.15, -0.1) is 17.9 Å². The molecule has 0 fully saturated rings. The van der Waals surface area contributed by atoms with E-state index in [0.29, 0.717) is 0 Å². The molecule has 1 N–H and O–H groups in total. The number of hydrogen-bond acceptors (Lipinski definition) is 4. The fourth-order valence-corrected chi connectivity index (χ4v) is 3.27. The molecular formula is C9H11NO4S2. The van der Waals surface area contributed by atoms with Gasteiger partial charge < -0.3 is 5.11 Å². The highest BCUT2D eigenvalue weighted by Gasteiger charge is 2.22. The van der Waals surface area contributed by atoms with Gasteiger partial charge in [0.25, 0.3) is 0 Å². The van der Waals surface area contributed by atoms with E-state index < -0.39 is 16.0 Å². The Morgan fingerprint density at radius 2 is 2.31 bits per heavy atom. The lowest BCUT2D eigenvalue weighted by Crippen LogP contribution is -2.26. The van der Waals surface area contributed by atoms with Gasteiger partial charge in [-0.1, -0.05) is 6.08 Å². The van der Waals surface area contributed by atoms with Gasteiger partial charge in [-0.3, -0.25) is 0 Å². The molecule has 1 aromatic heterocycles. The van der Waals surface area contributed by atoms with Gasteiger partial charge in [0.2, 0.25) is 10.0 Å². The van der Waals surface area contributed by atoms with E-state index >= 15 is 0 Å². The molecule has 0 saturated carbocycles. The summed E-state index contributed by atoms with van der Waals surface area (Å²) in [5, 5.41) is 10.0. The van der Waals surface area contributed by atoms with E-state index in [2.05, 4.69) is 6.58 Å². The van der Waals surface area contributed by atoms with Crippen LogP contribution < -0.4 is 0 Å². The van der Waals surface area contributed by atoms with Crippen LogP contribution in [-0.4, -0.2) is 37.4 Å². The number of sulfonamides is 1. The number of nitrogens with zero attached hydrogens (tertiary/aromatic N) is 1. The number of carbonyl (C=O) groups is 1. The maximum absolute atomic E-state index is 11.8. The summed E-state index contributed by atoms with van der Waals surface area (Å²) >= 11 is 0.889. The Kier molecular flexibility index (Phi) is 3.84. The minimum absolute atomic E-state index is 0.000694. The summed E-state index contributed by atoms with van der Waals surface area (Å²) < 4.78 is 24.8. The molecule has 0 saturated heterocycles. The van der Waals surface area contributed by atoms with E-state index in [9.17, 15) is 13.2 Å². The van der Waals surface area contributed by atoms with Crippen molar-refractivity contribution < 1.29 is 18.3 Å². The molecule has 5 nitrogen and oxygen atoms in total. The minimum atomic E-state index is -3.60. The molecule has 0 aliphatic rings. The van der Waals surface area contributed by atoms with Crippen molar-refractivity contribution in [1.29, 1.82) is 0 Å². The second-order valence-corrected chi connectivity index (χ2v) is 5.98. The van der Waals surface area contributed by atoms with Crippen molar-refractivity contribution in [3.8, 4) is 0 Å². The number of likely N-dealkylation sites (N-methyl/N-ethyl adjacent to an activating group) is 1. The normalized spacial score (nSPS) is 11.6. The van der Waals surface area contributed by atoms with Gasteiger partial charge in [0, 0.05) is 19.0 Å². The molecule has 0 bridgehead atoms. The van der Waals surface area contributed by atoms with Crippen LogP contribution in [0.25, 0.3) is 0 Å². The second kappa shape index (κ2) is 4.77. The number of carboxylic acid groups (broad SMARTS) is 1. The highest BCUT2D eigenvalue weighted by molar-refractivity contribution is 7.89. The molecule has 88 valence electrons. The predicted octanol–water partition coefficient (Wildman–Crippen LogP) is 1.25. The molecule has 0 unspecified atom stereocenters. The van der Waals surface area contributed by atoms with Crippen molar-refractivity contribution in [2.24, 2.45) is 0 Å². The summed E-state index contributed by atoms with van der Waals surface area (Å²) in [6.45, 7) is 3.62. The molecule has 0 spiro atoms. The smallest absolute Gasteiger partial charge is 0.345 e. The van der Waals surface area contributed by atoms with Crippen LogP contribution >= 0.6 is 11.3 Å². The van der Waals surface area contributed by atoms with E-state index in [1.807, 2.05) is 0 Å². The van der Waals surface area contributed by atoms with Gasteiger partial charge in [-0.05, 0) is 6.07 Å². The van der Waals surface area contributed by atoms with Crippen LogP contribution in [0.3, 0.4) is 0 Å². The zero-order valence-electron chi connectivity index (χ0n) is 8.58. The van der Waals surface area contributed by atoms with E-state index in [1.165, 1.54) is 18.5 Å². The molecule has 0 radical (unpaired) electrons. The average Bonchev–Trinajstić information content (AvgIpc) is 2.67. The third-order valence-electron chi connectivity index (χ3n) is 1.88. The van der Waals surface area contributed by atoms with Crippen LogP contribution in [0.2, 0.25) is 0 Å². The first-order valence-electron chi connectivity index (χ1n) is 4.28. The zero-order chi connectivity index (χ0) is 12.3. The van der Waals surface area contributed by atoms with Crippen molar-refractivity contribution in [3.05, 3.63) is 29.0 Å². The second-order valence-electron chi connectivity index (χ2n) is 3.03. The monoisotopic (exact) mass is 261 g/mol. The topological polar surface area (TPSA) is 74.7 Å². The van der Waals surface area contributed by atoms with E-state index in [4.69, 9.17) is 5.11 Å². The Morgan fingerprint density at radius 3 is 2.75 bits per heavy atom. The number of thiophene rings is 1. The van der Waals surface area contributed by atoms with Crippen molar-refractivity contribution in [3.63, 3.8) is 0 Å². The van der Waals surface area contributed by atoms with Gasteiger partial charge in [0.15, 0.2) is 0 Å². The fourth-order valence-electron chi connectivity index (χ4n) is 1.03. The van der Waals surface area contributed by atoms with E-state index in [0.717, 1.165) is 21.7 Å². The van der Waals surface area contributed by atoms with Crippen molar-refractivity contribution in [2.75, 3.05) is 13.6 Å². The first-order valence-corrected chi connectivity index (χ1v) is 6.60. The summed E-state index contributed by atoms with van der Waals surface area (Å²) in [5.74, 6) is -1.13. The Balaban J connectivity index is 3.07. The molecule has 0 aliphatic carbocycles. The summed E-state index contributed by atoms with van der Waals surface area (Å²) in [7, 11) is -2.19. The van der Waals surface area contributed by atoms with Crippen LogP contribution in [-0.2, 0) is 10.0 Å². The molecule has 1 aromatic rings. The lowest BCUT2D eigenvalue weighted by molar-refractivity contribution is 0.0702. The lowest BCUT2D eigenvalue weighted by atomic mass is 10.5. The maximum atomic E-state index is 11.8. The number of carboxylic acids is 1.